The van der Waals surface area contributed by atoms with Crippen molar-refractivity contribution in [3.63, 3.8) is 0 Å². The number of halogens is 2. The first-order valence-electron chi connectivity index (χ1n) is 5.93. The van der Waals surface area contributed by atoms with Gasteiger partial charge in [0, 0.05) is 17.6 Å². The molecule has 19 heavy (non-hydrogen) atoms. The molecule has 0 aromatic carbocycles. The van der Waals surface area contributed by atoms with Crippen molar-refractivity contribution in [2.24, 2.45) is 0 Å². The monoisotopic (exact) mass is 404 g/mol. The van der Waals surface area contributed by atoms with Crippen molar-refractivity contribution >= 4 is 55.0 Å². The fourth-order valence-corrected chi connectivity index (χ4v) is 3.18. The molecule has 0 saturated carbocycles. The smallest absolute Gasteiger partial charge is 0.224 e. The van der Waals surface area contributed by atoms with E-state index in [9.17, 15) is 0 Å². The minimum Gasteiger partial charge on any atom is -0.364 e. The molecule has 0 fully saturated rings. The topological polar surface area (TPSA) is 49.8 Å². The molecule has 0 aliphatic carbocycles. The van der Waals surface area contributed by atoms with Crippen molar-refractivity contribution in [2.45, 2.75) is 19.9 Å². The van der Waals surface area contributed by atoms with Crippen LogP contribution in [-0.4, -0.2) is 16.5 Å². The van der Waals surface area contributed by atoms with E-state index in [1.54, 1.807) is 17.5 Å². The van der Waals surface area contributed by atoms with Gasteiger partial charge in [0.05, 0.1) is 14.8 Å². The lowest BCUT2D eigenvalue weighted by molar-refractivity contribution is 0.949. The molecule has 0 amide bonds. The molecule has 102 valence electrons. The lowest BCUT2D eigenvalue weighted by Gasteiger charge is -2.09. The Kier molecular flexibility index (Phi) is 5.59. The first kappa shape index (κ1) is 14.7. The summed E-state index contributed by atoms with van der Waals surface area (Å²) in [6.45, 7) is 3.73. The molecule has 0 atom stereocenters. The van der Waals surface area contributed by atoms with Crippen molar-refractivity contribution in [1.29, 1.82) is 0 Å². The van der Waals surface area contributed by atoms with Gasteiger partial charge in [-0.25, -0.2) is 4.98 Å². The maximum Gasteiger partial charge on any atom is 0.224 e. The van der Waals surface area contributed by atoms with Gasteiger partial charge >= 0.3 is 0 Å². The number of hydrogen-bond donors (Lipinski definition) is 2. The Morgan fingerprint density at radius 2 is 2.11 bits per heavy atom. The van der Waals surface area contributed by atoms with E-state index in [0.717, 1.165) is 33.6 Å². The molecule has 2 aromatic heterocycles. The van der Waals surface area contributed by atoms with Gasteiger partial charge in [0.15, 0.2) is 0 Å². The summed E-state index contributed by atoms with van der Waals surface area (Å²) in [5.74, 6) is 1.46. The van der Waals surface area contributed by atoms with Crippen molar-refractivity contribution in [1.82, 2.24) is 9.97 Å². The maximum atomic E-state index is 4.44. The molecule has 0 aliphatic rings. The van der Waals surface area contributed by atoms with Crippen LogP contribution in [0.4, 0.5) is 11.8 Å². The zero-order valence-electron chi connectivity index (χ0n) is 10.4. The van der Waals surface area contributed by atoms with Gasteiger partial charge in [-0.3, -0.25) is 0 Å². The highest BCUT2D eigenvalue weighted by Crippen LogP contribution is 2.25. The van der Waals surface area contributed by atoms with Crippen LogP contribution in [0.3, 0.4) is 0 Å². The minimum atomic E-state index is 0.653. The van der Waals surface area contributed by atoms with E-state index in [2.05, 4.69) is 65.5 Å². The summed E-state index contributed by atoms with van der Waals surface area (Å²) in [7, 11) is 0. The molecule has 0 unspecified atom stereocenters. The van der Waals surface area contributed by atoms with Crippen LogP contribution >= 0.6 is 43.2 Å². The average Bonchev–Trinajstić information content (AvgIpc) is 2.82. The SMILES string of the molecule is CCCNc1ncc(Br)c(NCc2ccc(Br)s2)n1. The largest absolute Gasteiger partial charge is 0.364 e. The van der Waals surface area contributed by atoms with Crippen LogP contribution in [0, 0.1) is 0 Å². The number of rotatable bonds is 6. The second-order valence-corrected chi connectivity index (χ2v) is 7.28. The normalized spacial score (nSPS) is 10.5. The highest BCUT2D eigenvalue weighted by molar-refractivity contribution is 9.11. The van der Waals surface area contributed by atoms with E-state index < -0.39 is 0 Å². The summed E-state index contributed by atoms with van der Waals surface area (Å²) in [5, 5.41) is 6.49. The van der Waals surface area contributed by atoms with E-state index in [1.165, 1.54) is 4.88 Å². The standard InChI is InChI=1S/C12H14Br2N4S/c1-2-5-15-12-17-7-9(13)11(18-12)16-6-8-3-4-10(14)19-8/h3-4,7H,2,5-6H2,1H3,(H2,15,16,17,18). The Morgan fingerprint density at radius 1 is 1.26 bits per heavy atom. The van der Waals surface area contributed by atoms with Gasteiger partial charge in [-0.15, -0.1) is 11.3 Å². The van der Waals surface area contributed by atoms with Crippen molar-refractivity contribution in [3.8, 4) is 0 Å². The number of aromatic nitrogens is 2. The number of anilines is 2. The van der Waals surface area contributed by atoms with Gasteiger partial charge in [-0.1, -0.05) is 6.92 Å². The Hall–Kier alpha value is -0.660. The van der Waals surface area contributed by atoms with Gasteiger partial charge in [0.25, 0.3) is 0 Å². The summed E-state index contributed by atoms with van der Waals surface area (Å²) < 4.78 is 2.00. The lowest BCUT2D eigenvalue weighted by atomic mass is 10.4. The lowest BCUT2D eigenvalue weighted by Crippen LogP contribution is -2.07. The second-order valence-electron chi connectivity index (χ2n) is 3.88. The average molecular weight is 406 g/mol. The molecule has 0 radical (unpaired) electrons. The molecule has 2 rings (SSSR count). The number of hydrogen-bond acceptors (Lipinski definition) is 5. The molecular weight excluding hydrogens is 392 g/mol. The number of nitrogens with one attached hydrogen (secondary N) is 2. The van der Waals surface area contributed by atoms with Crippen molar-refractivity contribution < 1.29 is 0 Å². The highest BCUT2D eigenvalue weighted by Gasteiger charge is 2.05. The molecule has 0 aliphatic heterocycles. The van der Waals surface area contributed by atoms with Crippen LogP contribution in [-0.2, 0) is 6.54 Å². The summed E-state index contributed by atoms with van der Waals surface area (Å²) in [6.07, 6.45) is 2.81. The fourth-order valence-electron chi connectivity index (χ4n) is 1.43. The molecule has 0 saturated heterocycles. The summed E-state index contributed by atoms with van der Waals surface area (Å²) >= 11 is 8.63. The Bertz CT molecular complexity index is 544. The Morgan fingerprint density at radius 3 is 2.79 bits per heavy atom. The number of thiophene rings is 1. The molecule has 2 heterocycles. The Labute approximate surface area is 133 Å². The summed E-state index contributed by atoms with van der Waals surface area (Å²) in [5.41, 5.74) is 0. The third kappa shape index (κ3) is 4.43. The maximum absolute atomic E-state index is 4.44. The quantitative estimate of drug-likeness (QED) is 0.742. The number of nitrogens with zero attached hydrogens (tertiary/aromatic N) is 2. The van der Waals surface area contributed by atoms with E-state index in [0.29, 0.717) is 5.95 Å². The molecule has 0 spiro atoms. The van der Waals surface area contributed by atoms with Crippen LogP contribution < -0.4 is 10.6 Å². The minimum absolute atomic E-state index is 0.653. The summed E-state index contributed by atoms with van der Waals surface area (Å²) in [4.78, 5) is 9.92. The Balaban J connectivity index is 2.02. The fraction of sp³-hybridized carbons (Fsp3) is 0.333. The van der Waals surface area contributed by atoms with E-state index >= 15 is 0 Å². The van der Waals surface area contributed by atoms with Gasteiger partial charge in [-0.05, 0) is 50.4 Å². The van der Waals surface area contributed by atoms with E-state index in [1.807, 2.05) is 6.07 Å². The van der Waals surface area contributed by atoms with Crippen LogP contribution in [0.15, 0.2) is 26.6 Å². The molecule has 2 aromatic rings. The van der Waals surface area contributed by atoms with Crippen molar-refractivity contribution in [2.75, 3.05) is 17.2 Å². The third-order valence-electron chi connectivity index (χ3n) is 2.34. The predicted molar refractivity (Wildman–Crippen MR) is 87.9 cm³/mol. The van der Waals surface area contributed by atoms with Gasteiger partial charge in [0.1, 0.15) is 5.82 Å². The van der Waals surface area contributed by atoms with Gasteiger partial charge in [-0.2, -0.15) is 4.98 Å². The molecule has 0 bridgehead atoms. The second kappa shape index (κ2) is 7.21. The van der Waals surface area contributed by atoms with E-state index in [-0.39, 0.29) is 0 Å². The zero-order chi connectivity index (χ0) is 13.7. The van der Waals surface area contributed by atoms with Crippen LogP contribution in [0.2, 0.25) is 0 Å². The zero-order valence-corrected chi connectivity index (χ0v) is 14.4. The summed E-state index contributed by atoms with van der Waals surface area (Å²) in [6, 6.07) is 4.14. The van der Waals surface area contributed by atoms with Gasteiger partial charge in [0.2, 0.25) is 5.95 Å². The third-order valence-corrected chi connectivity index (χ3v) is 4.54. The molecule has 7 heteroatoms. The van der Waals surface area contributed by atoms with Crippen molar-refractivity contribution in [3.05, 3.63) is 31.5 Å². The van der Waals surface area contributed by atoms with Crippen LogP contribution in [0.25, 0.3) is 0 Å². The molecular formula is C12H14Br2N4S. The first-order chi connectivity index (χ1) is 9.19. The van der Waals surface area contributed by atoms with Crippen LogP contribution in [0.1, 0.15) is 18.2 Å². The van der Waals surface area contributed by atoms with Crippen LogP contribution in [0.5, 0.6) is 0 Å². The highest BCUT2D eigenvalue weighted by atomic mass is 79.9. The molecule has 2 N–H and O–H groups in total. The van der Waals surface area contributed by atoms with Gasteiger partial charge < -0.3 is 10.6 Å². The predicted octanol–water partition coefficient (Wildman–Crippen LogP) is 4.50. The first-order valence-corrected chi connectivity index (χ1v) is 8.33. The molecule has 4 nitrogen and oxygen atoms in total. The van der Waals surface area contributed by atoms with E-state index in [4.69, 9.17) is 0 Å².